The van der Waals surface area contributed by atoms with Gasteiger partial charge in [-0.05, 0) is 13.0 Å². The molecule has 0 aliphatic carbocycles. The van der Waals surface area contributed by atoms with Gasteiger partial charge in [-0.15, -0.1) is 0 Å². The second-order valence-electron chi connectivity index (χ2n) is 2.59. The third-order valence-corrected chi connectivity index (χ3v) is 2.00. The third-order valence-electron chi connectivity index (χ3n) is 1.67. The van der Waals surface area contributed by atoms with E-state index in [2.05, 4.69) is 11.7 Å². The Balaban J connectivity index is 3.05. The van der Waals surface area contributed by atoms with Gasteiger partial charge in [-0.1, -0.05) is 11.6 Å². The topological polar surface area (TPSA) is 40.3 Å². The second-order valence-corrected chi connectivity index (χ2v) is 3.00. The maximum Gasteiger partial charge on any atom is 0.339 e. The van der Waals surface area contributed by atoms with Crippen LogP contribution < -0.4 is 4.99 Å². The fourth-order valence-electron chi connectivity index (χ4n) is 1.00. The van der Waals surface area contributed by atoms with Crippen molar-refractivity contribution in [2.45, 2.75) is 6.92 Å². The first-order valence-corrected chi connectivity index (χ1v) is 4.56. The zero-order valence-corrected chi connectivity index (χ0v) is 8.60. The second kappa shape index (κ2) is 4.77. The van der Waals surface area contributed by atoms with Gasteiger partial charge in [0.05, 0.1) is 17.2 Å². The zero-order chi connectivity index (χ0) is 10.6. The van der Waals surface area contributed by atoms with E-state index < -0.39 is 5.97 Å². The van der Waals surface area contributed by atoms with Crippen molar-refractivity contribution in [2.24, 2.45) is 0 Å². The van der Waals surface area contributed by atoms with Crippen molar-refractivity contribution >= 4 is 30.0 Å². The first kappa shape index (κ1) is 10.7. The number of halogens is 1. The third kappa shape index (κ3) is 2.33. The normalized spacial score (nSPS) is 9.57. The fourth-order valence-corrected chi connectivity index (χ4v) is 1.20. The number of hydrogen-bond donors (Lipinski definition) is 1. The van der Waals surface area contributed by atoms with Gasteiger partial charge in [0, 0.05) is 12.1 Å². The van der Waals surface area contributed by atoms with Crippen molar-refractivity contribution in [3.8, 4) is 0 Å². The molecule has 0 amide bonds. The van der Waals surface area contributed by atoms with Crippen LogP contribution in [-0.2, 0) is 4.74 Å². The van der Waals surface area contributed by atoms with Gasteiger partial charge in [0.25, 0.3) is 0 Å². The molecule has 0 radical (unpaired) electrons. The Morgan fingerprint density at radius 1 is 1.64 bits per heavy atom. The molecule has 1 aromatic rings. The summed E-state index contributed by atoms with van der Waals surface area (Å²) in [5, 5.41) is 0.377. The van der Waals surface area contributed by atoms with Crippen LogP contribution in [0.25, 0.3) is 0 Å². The molecule has 0 aliphatic rings. The number of carbonyl (C=O) groups is 1. The Bertz CT molecular complexity index is 363. The van der Waals surface area contributed by atoms with Gasteiger partial charge < -0.3 is 4.74 Å². The molecule has 1 rings (SSSR count). The molecule has 3 nitrogen and oxygen atoms in total. The summed E-state index contributed by atoms with van der Waals surface area (Å²) in [7, 11) is 0. The van der Waals surface area contributed by atoms with Crippen molar-refractivity contribution in [1.82, 2.24) is 0 Å². The van der Waals surface area contributed by atoms with E-state index in [0.29, 0.717) is 17.2 Å². The van der Waals surface area contributed by atoms with Gasteiger partial charge in [0.1, 0.15) is 6.72 Å². The minimum Gasteiger partial charge on any atom is -0.462 e. The van der Waals surface area contributed by atoms with Crippen LogP contribution >= 0.6 is 11.6 Å². The van der Waals surface area contributed by atoms with Gasteiger partial charge >= 0.3 is 5.97 Å². The van der Waals surface area contributed by atoms with Gasteiger partial charge in [0.2, 0.25) is 5.69 Å². The molecule has 4 heteroatoms. The summed E-state index contributed by atoms with van der Waals surface area (Å²) in [6, 6.07) is 4.96. The molecule has 0 saturated heterocycles. The van der Waals surface area contributed by atoms with E-state index in [1.165, 1.54) is 0 Å². The largest absolute Gasteiger partial charge is 0.462 e. The Hall–Kier alpha value is -1.35. The summed E-state index contributed by atoms with van der Waals surface area (Å²) in [6.07, 6.45) is 0. The van der Waals surface area contributed by atoms with Gasteiger partial charge in [-0.2, -0.15) is 0 Å². The summed E-state index contributed by atoms with van der Waals surface area (Å²) >= 11 is 5.83. The van der Waals surface area contributed by atoms with E-state index in [-0.39, 0.29) is 0 Å². The van der Waals surface area contributed by atoms with Gasteiger partial charge in [-0.3, -0.25) is 0 Å². The van der Waals surface area contributed by atoms with E-state index in [1.54, 1.807) is 25.1 Å². The lowest BCUT2D eigenvalue weighted by Gasteiger charge is -2.02. The molecule has 0 heterocycles. The molecular formula is C10H11ClNO2+. The summed E-state index contributed by atoms with van der Waals surface area (Å²) < 4.78 is 4.84. The molecule has 0 bridgehead atoms. The van der Waals surface area contributed by atoms with E-state index in [9.17, 15) is 4.79 Å². The van der Waals surface area contributed by atoms with Gasteiger partial charge in [0.15, 0.2) is 0 Å². The average Bonchev–Trinajstić information content (AvgIpc) is 2.19. The number of hydrogen-bond acceptors (Lipinski definition) is 2. The van der Waals surface area contributed by atoms with Crippen molar-refractivity contribution in [1.29, 1.82) is 0 Å². The van der Waals surface area contributed by atoms with Crippen LogP contribution in [0.4, 0.5) is 5.69 Å². The molecule has 0 atom stereocenters. The number of rotatable bonds is 3. The Kier molecular flexibility index (Phi) is 3.65. The molecule has 1 N–H and O–H groups in total. The van der Waals surface area contributed by atoms with E-state index in [4.69, 9.17) is 16.3 Å². The summed E-state index contributed by atoms with van der Waals surface area (Å²) in [4.78, 5) is 14.1. The average molecular weight is 213 g/mol. The van der Waals surface area contributed by atoms with E-state index in [0.717, 1.165) is 5.69 Å². The molecule has 0 fully saturated rings. The first-order valence-electron chi connectivity index (χ1n) is 4.18. The molecule has 74 valence electrons. The minimum absolute atomic E-state index is 0.331. The lowest BCUT2D eigenvalue weighted by Crippen LogP contribution is -2.57. The Labute approximate surface area is 87.4 Å². The van der Waals surface area contributed by atoms with Crippen LogP contribution in [0.3, 0.4) is 0 Å². The molecule has 0 unspecified atom stereocenters. The molecule has 1 aromatic carbocycles. The molecule has 0 spiro atoms. The lowest BCUT2D eigenvalue weighted by molar-refractivity contribution is -0.342. The summed E-state index contributed by atoms with van der Waals surface area (Å²) in [5.74, 6) is -0.422. The molecule has 0 aromatic heterocycles. The van der Waals surface area contributed by atoms with Crippen LogP contribution in [0.5, 0.6) is 0 Å². The maximum atomic E-state index is 11.4. The monoisotopic (exact) mass is 212 g/mol. The first-order chi connectivity index (χ1) is 6.69. The van der Waals surface area contributed by atoms with Crippen molar-refractivity contribution < 1.29 is 14.5 Å². The standard InChI is InChI=1S/C10H10ClNO2/c1-3-14-10(13)8-6-7(12-2)4-5-9(8)11/h4-6H,2-3H2,1H3/p+1. The fraction of sp³-hybridized carbons (Fsp3) is 0.200. The van der Waals surface area contributed by atoms with Crippen molar-refractivity contribution in [2.75, 3.05) is 6.61 Å². The molecule has 0 aliphatic heterocycles. The number of carbonyl (C=O) groups excluding carboxylic acids is 1. The highest BCUT2D eigenvalue weighted by molar-refractivity contribution is 6.33. The number of ether oxygens (including phenoxy) is 1. The quantitative estimate of drug-likeness (QED) is 0.598. The number of benzene rings is 1. The number of esters is 1. The van der Waals surface area contributed by atoms with Crippen LogP contribution in [0.2, 0.25) is 5.02 Å². The highest BCUT2D eigenvalue weighted by Gasteiger charge is 2.13. The van der Waals surface area contributed by atoms with Gasteiger partial charge in [-0.25, -0.2) is 9.79 Å². The Morgan fingerprint density at radius 2 is 2.36 bits per heavy atom. The van der Waals surface area contributed by atoms with Crippen LogP contribution in [-0.4, -0.2) is 19.3 Å². The zero-order valence-electron chi connectivity index (χ0n) is 7.84. The van der Waals surface area contributed by atoms with E-state index in [1.807, 2.05) is 0 Å². The highest BCUT2D eigenvalue weighted by Crippen LogP contribution is 2.18. The smallest absolute Gasteiger partial charge is 0.339 e. The lowest BCUT2D eigenvalue weighted by atomic mass is 10.2. The summed E-state index contributed by atoms with van der Waals surface area (Å²) in [5.41, 5.74) is 1.07. The molecular weight excluding hydrogens is 202 g/mol. The van der Waals surface area contributed by atoms with Crippen LogP contribution in [0, 0.1) is 0 Å². The van der Waals surface area contributed by atoms with Crippen LogP contribution in [0.15, 0.2) is 18.2 Å². The predicted molar refractivity (Wildman–Crippen MR) is 55.2 cm³/mol. The van der Waals surface area contributed by atoms with E-state index >= 15 is 0 Å². The SMILES string of the molecule is C=[NH+]c1ccc(Cl)c(C(=O)OCC)c1. The maximum absolute atomic E-state index is 11.4. The van der Waals surface area contributed by atoms with Crippen molar-refractivity contribution in [3.05, 3.63) is 28.8 Å². The predicted octanol–water partition coefficient (Wildman–Crippen LogP) is 0.929. The highest BCUT2D eigenvalue weighted by atomic mass is 35.5. The van der Waals surface area contributed by atoms with Crippen molar-refractivity contribution in [3.63, 3.8) is 0 Å². The molecule has 14 heavy (non-hydrogen) atoms. The van der Waals surface area contributed by atoms with Crippen LogP contribution in [0.1, 0.15) is 17.3 Å². The summed E-state index contributed by atoms with van der Waals surface area (Å²) in [6.45, 7) is 5.56. The Morgan fingerprint density at radius 3 is 2.93 bits per heavy atom. The number of nitrogens with one attached hydrogen (secondary N) is 1. The minimum atomic E-state index is -0.422. The molecule has 0 saturated carbocycles.